The number of furan rings is 1. The Morgan fingerprint density at radius 2 is 1.81 bits per heavy atom. The van der Waals surface area contributed by atoms with Gasteiger partial charge in [-0.15, -0.1) is 11.8 Å². The second kappa shape index (κ2) is 8.72. The highest BCUT2D eigenvalue weighted by Gasteiger charge is 2.11. The van der Waals surface area contributed by atoms with E-state index in [2.05, 4.69) is 24.4 Å². The molecule has 1 amide bonds. The van der Waals surface area contributed by atoms with E-state index >= 15 is 0 Å². The van der Waals surface area contributed by atoms with Crippen molar-refractivity contribution in [3.63, 3.8) is 0 Å². The Hall–Kier alpha value is -2.53. The predicted molar refractivity (Wildman–Crippen MR) is 102 cm³/mol. The summed E-state index contributed by atoms with van der Waals surface area (Å²) < 4.78 is 18.5. The van der Waals surface area contributed by atoms with Crippen molar-refractivity contribution in [1.29, 1.82) is 0 Å². The van der Waals surface area contributed by atoms with Crippen LogP contribution in [0.4, 0.5) is 4.39 Å². The minimum Gasteiger partial charge on any atom is -0.455 e. The van der Waals surface area contributed by atoms with Crippen molar-refractivity contribution in [2.75, 3.05) is 0 Å². The van der Waals surface area contributed by atoms with E-state index in [1.165, 1.54) is 23.3 Å². The molecular weight excluding hydrogens is 349 g/mol. The highest BCUT2D eigenvalue weighted by Crippen LogP contribution is 2.21. The van der Waals surface area contributed by atoms with Gasteiger partial charge in [-0.25, -0.2) is 4.39 Å². The number of benzene rings is 2. The maximum absolute atomic E-state index is 12.9. The van der Waals surface area contributed by atoms with E-state index in [0.29, 0.717) is 18.1 Å². The molecule has 0 atom stereocenters. The molecule has 5 heteroatoms. The number of nitrogens with one attached hydrogen (secondary N) is 1. The van der Waals surface area contributed by atoms with E-state index in [-0.39, 0.29) is 11.7 Å². The van der Waals surface area contributed by atoms with E-state index in [4.69, 9.17) is 4.42 Å². The average molecular weight is 369 g/mol. The summed E-state index contributed by atoms with van der Waals surface area (Å²) in [4.78, 5) is 12.2. The van der Waals surface area contributed by atoms with E-state index < -0.39 is 0 Å². The fourth-order valence-electron chi connectivity index (χ4n) is 2.48. The van der Waals surface area contributed by atoms with Gasteiger partial charge < -0.3 is 9.73 Å². The van der Waals surface area contributed by atoms with E-state index in [9.17, 15) is 9.18 Å². The third kappa shape index (κ3) is 4.99. The quantitative estimate of drug-likeness (QED) is 0.631. The van der Waals surface area contributed by atoms with Gasteiger partial charge in [-0.05, 0) is 47.9 Å². The van der Waals surface area contributed by atoms with Crippen LogP contribution in [-0.2, 0) is 18.1 Å². The Morgan fingerprint density at radius 3 is 2.58 bits per heavy atom. The molecule has 134 valence electrons. The molecule has 0 aliphatic rings. The topological polar surface area (TPSA) is 42.2 Å². The van der Waals surface area contributed by atoms with Crippen molar-refractivity contribution in [2.45, 2.75) is 25.0 Å². The van der Waals surface area contributed by atoms with Crippen LogP contribution in [-0.4, -0.2) is 5.91 Å². The fourth-order valence-corrected chi connectivity index (χ4v) is 3.49. The Morgan fingerprint density at radius 1 is 1.04 bits per heavy atom. The number of hydrogen-bond acceptors (Lipinski definition) is 3. The van der Waals surface area contributed by atoms with E-state index in [1.54, 1.807) is 30.0 Å². The van der Waals surface area contributed by atoms with Crippen molar-refractivity contribution in [2.24, 2.45) is 0 Å². The van der Waals surface area contributed by atoms with Gasteiger partial charge in [0, 0.05) is 12.3 Å². The largest absolute Gasteiger partial charge is 0.455 e. The third-order valence-electron chi connectivity index (χ3n) is 4.01. The van der Waals surface area contributed by atoms with Gasteiger partial charge in [-0.3, -0.25) is 4.79 Å². The maximum atomic E-state index is 12.9. The number of hydrogen-bond donors (Lipinski definition) is 1. The minimum atomic E-state index is -0.293. The zero-order valence-corrected chi connectivity index (χ0v) is 15.3. The standard InChI is InChI=1S/C21H20FNO2S/c1-15-4-2-3-5-17(15)13-26-14-19-10-11-20(25-19)21(24)23-12-16-6-8-18(22)9-7-16/h2-11H,12-14H2,1H3,(H,23,24). The molecule has 1 N–H and O–H groups in total. The molecule has 0 saturated heterocycles. The molecule has 0 spiro atoms. The first-order valence-electron chi connectivity index (χ1n) is 8.35. The summed E-state index contributed by atoms with van der Waals surface area (Å²) in [6.45, 7) is 2.43. The predicted octanol–water partition coefficient (Wildman–Crippen LogP) is 5.09. The second-order valence-electron chi connectivity index (χ2n) is 5.99. The van der Waals surface area contributed by atoms with Crippen molar-refractivity contribution in [3.8, 4) is 0 Å². The Kier molecular flexibility index (Phi) is 6.12. The fraction of sp³-hybridized carbons (Fsp3) is 0.190. The van der Waals surface area contributed by atoms with Gasteiger partial charge in [0.2, 0.25) is 0 Å². The molecule has 1 heterocycles. The van der Waals surface area contributed by atoms with Crippen LogP contribution in [0.15, 0.2) is 65.1 Å². The highest BCUT2D eigenvalue weighted by atomic mass is 32.2. The molecule has 3 rings (SSSR count). The van der Waals surface area contributed by atoms with Crippen LogP contribution >= 0.6 is 11.8 Å². The highest BCUT2D eigenvalue weighted by molar-refractivity contribution is 7.97. The van der Waals surface area contributed by atoms with Crippen LogP contribution in [0.1, 0.15) is 33.0 Å². The molecule has 3 aromatic rings. The molecule has 0 bridgehead atoms. The molecule has 2 aromatic carbocycles. The van der Waals surface area contributed by atoms with Gasteiger partial charge in [0.15, 0.2) is 5.76 Å². The van der Waals surface area contributed by atoms with Crippen molar-refractivity contribution < 1.29 is 13.6 Å². The van der Waals surface area contributed by atoms with Gasteiger partial charge >= 0.3 is 0 Å². The monoisotopic (exact) mass is 369 g/mol. The number of amides is 1. The van der Waals surface area contributed by atoms with Gasteiger partial charge in [0.05, 0.1) is 5.75 Å². The summed E-state index contributed by atoms with van der Waals surface area (Å²) in [7, 11) is 0. The smallest absolute Gasteiger partial charge is 0.287 e. The van der Waals surface area contributed by atoms with Gasteiger partial charge in [0.25, 0.3) is 5.91 Å². The van der Waals surface area contributed by atoms with Crippen LogP contribution < -0.4 is 5.32 Å². The minimum absolute atomic E-state index is 0.274. The van der Waals surface area contributed by atoms with Crippen molar-refractivity contribution in [3.05, 3.63) is 94.7 Å². The Bertz CT molecular complexity index is 874. The first-order chi connectivity index (χ1) is 12.6. The number of thioether (sulfide) groups is 1. The molecule has 3 nitrogen and oxygen atoms in total. The van der Waals surface area contributed by atoms with Crippen molar-refractivity contribution in [1.82, 2.24) is 5.32 Å². The summed E-state index contributed by atoms with van der Waals surface area (Å²) in [6.07, 6.45) is 0. The SMILES string of the molecule is Cc1ccccc1CSCc1ccc(C(=O)NCc2ccc(F)cc2)o1. The zero-order chi connectivity index (χ0) is 18.4. The maximum Gasteiger partial charge on any atom is 0.287 e. The van der Waals surface area contributed by atoms with Crippen LogP contribution in [0.3, 0.4) is 0 Å². The third-order valence-corrected chi connectivity index (χ3v) is 5.02. The molecule has 0 fully saturated rings. The summed E-state index contributed by atoms with van der Waals surface area (Å²) in [5, 5.41) is 2.78. The lowest BCUT2D eigenvalue weighted by Gasteiger charge is -2.04. The van der Waals surface area contributed by atoms with Gasteiger partial charge in [-0.1, -0.05) is 36.4 Å². The Labute approximate surface area is 156 Å². The molecule has 0 aliphatic carbocycles. The van der Waals surface area contributed by atoms with Crippen molar-refractivity contribution >= 4 is 17.7 Å². The van der Waals surface area contributed by atoms with Crippen LogP contribution in [0.25, 0.3) is 0 Å². The van der Waals surface area contributed by atoms with Gasteiger partial charge in [-0.2, -0.15) is 0 Å². The number of carbonyl (C=O) groups is 1. The normalized spacial score (nSPS) is 10.7. The van der Waals surface area contributed by atoms with E-state index in [1.807, 2.05) is 18.2 Å². The van der Waals surface area contributed by atoms with Crippen LogP contribution in [0, 0.1) is 12.7 Å². The summed E-state index contributed by atoms with van der Waals surface area (Å²) in [6, 6.07) is 17.9. The number of rotatable bonds is 7. The summed E-state index contributed by atoms with van der Waals surface area (Å²) >= 11 is 1.75. The molecule has 0 saturated carbocycles. The summed E-state index contributed by atoms with van der Waals surface area (Å²) in [5.41, 5.74) is 3.42. The Balaban J connectivity index is 1.48. The number of aryl methyl sites for hydroxylation is 1. The first-order valence-corrected chi connectivity index (χ1v) is 9.51. The van der Waals surface area contributed by atoms with Crippen LogP contribution in [0.2, 0.25) is 0 Å². The lowest BCUT2D eigenvalue weighted by Crippen LogP contribution is -2.22. The molecule has 0 aliphatic heterocycles. The van der Waals surface area contributed by atoms with Gasteiger partial charge in [0.1, 0.15) is 11.6 Å². The molecule has 26 heavy (non-hydrogen) atoms. The zero-order valence-electron chi connectivity index (χ0n) is 14.5. The first kappa shape index (κ1) is 18.3. The lowest BCUT2D eigenvalue weighted by molar-refractivity contribution is 0.0922. The number of halogens is 1. The summed E-state index contributed by atoms with van der Waals surface area (Å²) in [5.74, 6) is 2.11. The molecule has 0 unspecified atom stereocenters. The molecule has 0 radical (unpaired) electrons. The van der Waals surface area contributed by atoms with Crippen LogP contribution in [0.5, 0.6) is 0 Å². The average Bonchev–Trinajstić information content (AvgIpc) is 3.12. The van der Waals surface area contributed by atoms with E-state index in [0.717, 1.165) is 17.1 Å². The second-order valence-corrected chi connectivity index (χ2v) is 6.98. The lowest BCUT2D eigenvalue weighted by atomic mass is 10.1. The molecule has 1 aromatic heterocycles. The number of carbonyl (C=O) groups excluding carboxylic acids is 1. The molecular formula is C21H20FNO2S.